The molecule has 0 aliphatic rings. The third-order valence-corrected chi connectivity index (χ3v) is 4.38. The van der Waals surface area contributed by atoms with E-state index in [4.69, 9.17) is 5.21 Å². The fourth-order valence-electron chi connectivity index (χ4n) is 2.93. The summed E-state index contributed by atoms with van der Waals surface area (Å²) in [5, 5.41) is 24.6. The molecule has 0 bridgehead atoms. The van der Waals surface area contributed by atoms with Gasteiger partial charge in [0.2, 0.25) is 0 Å². The summed E-state index contributed by atoms with van der Waals surface area (Å²) >= 11 is 0. The summed E-state index contributed by atoms with van der Waals surface area (Å²) in [6.45, 7) is 0.568. The molecule has 29 heavy (non-hydrogen) atoms. The first-order chi connectivity index (χ1) is 13.9. The number of rotatable bonds is 7. The number of nitrogens with one attached hydrogen (secondary N) is 1. The van der Waals surface area contributed by atoms with Gasteiger partial charge in [0.05, 0.1) is 17.3 Å². The van der Waals surface area contributed by atoms with Crippen LogP contribution < -0.4 is 5.32 Å². The standard InChI is InChI=1S/C20H19F3N4O2/c21-20(22,23)13-4-6-16-15(11-13)17(8-10-25-16)24-9-2-1-3-14-5-7-19(28)18(27-14)12-26-29/h4-8,10-12,28-29H,1-3,9H2,(H,24,25)/b26-12+. The van der Waals surface area contributed by atoms with Crippen molar-refractivity contribution < 1.29 is 23.5 Å². The number of nitrogens with zero attached hydrogens (tertiary/aromatic N) is 3. The Bertz CT molecular complexity index is 1020. The number of oxime groups is 1. The summed E-state index contributed by atoms with van der Waals surface area (Å²) in [6.07, 6.45) is 0.389. The van der Waals surface area contributed by atoms with Crippen molar-refractivity contribution >= 4 is 22.8 Å². The molecule has 2 aromatic heterocycles. The molecule has 6 nitrogen and oxygen atoms in total. The fraction of sp³-hybridized carbons (Fsp3) is 0.250. The van der Waals surface area contributed by atoms with Crippen molar-refractivity contribution in [1.29, 1.82) is 0 Å². The van der Waals surface area contributed by atoms with Crippen molar-refractivity contribution in [3.8, 4) is 5.75 Å². The molecular formula is C20H19F3N4O2. The largest absolute Gasteiger partial charge is 0.506 e. The first kappa shape index (κ1) is 20.4. The summed E-state index contributed by atoms with van der Waals surface area (Å²) < 4.78 is 38.9. The lowest BCUT2D eigenvalue weighted by Gasteiger charge is -2.12. The fourth-order valence-corrected chi connectivity index (χ4v) is 2.93. The maximum Gasteiger partial charge on any atom is 0.416 e. The molecule has 0 unspecified atom stereocenters. The summed E-state index contributed by atoms with van der Waals surface area (Å²) in [7, 11) is 0. The van der Waals surface area contributed by atoms with Crippen molar-refractivity contribution in [2.75, 3.05) is 11.9 Å². The molecule has 152 valence electrons. The Morgan fingerprint density at radius 1 is 1.10 bits per heavy atom. The minimum atomic E-state index is -4.40. The number of hydrogen-bond donors (Lipinski definition) is 3. The molecule has 3 aromatic rings. The molecule has 0 spiro atoms. The molecule has 3 rings (SSSR count). The third kappa shape index (κ3) is 5.13. The van der Waals surface area contributed by atoms with Gasteiger partial charge in [0.1, 0.15) is 11.4 Å². The number of fused-ring (bicyclic) bond motifs is 1. The molecule has 0 atom stereocenters. The Balaban J connectivity index is 1.59. The van der Waals surface area contributed by atoms with Gasteiger partial charge in [-0.3, -0.25) is 4.98 Å². The van der Waals surface area contributed by atoms with Crippen LogP contribution in [0.5, 0.6) is 5.75 Å². The first-order valence-corrected chi connectivity index (χ1v) is 8.94. The Kier molecular flexibility index (Phi) is 6.16. The molecule has 0 amide bonds. The number of benzene rings is 1. The van der Waals surface area contributed by atoms with Crippen molar-refractivity contribution in [3.05, 3.63) is 59.5 Å². The van der Waals surface area contributed by atoms with E-state index in [1.165, 1.54) is 12.1 Å². The Hall–Kier alpha value is -3.36. The maximum atomic E-state index is 13.0. The molecule has 0 radical (unpaired) electrons. The highest BCUT2D eigenvalue weighted by Gasteiger charge is 2.30. The van der Waals surface area contributed by atoms with E-state index in [-0.39, 0.29) is 11.4 Å². The summed E-state index contributed by atoms with van der Waals surface area (Å²) in [4.78, 5) is 8.31. The Morgan fingerprint density at radius 2 is 1.93 bits per heavy atom. The quantitative estimate of drug-likeness (QED) is 0.232. The van der Waals surface area contributed by atoms with Crippen molar-refractivity contribution in [3.63, 3.8) is 0 Å². The van der Waals surface area contributed by atoms with E-state index in [9.17, 15) is 18.3 Å². The Morgan fingerprint density at radius 3 is 2.69 bits per heavy atom. The Labute approximate surface area is 164 Å². The highest BCUT2D eigenvalue weighted by molar-refractivity contribution is 5.91. The monoisotopic (exact) mass is 404 g/mol. The van der Waals surface area contributed by atoms with E-state index in [1.807, 2.05) is 0 Å². The molecule has 0 saturated heterocycles. The van der Waals surface area contributed by atoms with Crippen molar-refractivity contribution in [1.82, 2.24) is 9.97 Å². The average molecular weight is 404 g/mol. The van der Waals surface area contributed by atoms with Crippen LogP contribution in [0.25, 0.3) is 10.9 Å². The van der Waals surface area contributed by atoms with E-state index in [1.54, 1.807) is 18.3 Å². The van der Waals surface area contributed by atoms with Gasteiger partial charge in [-0.1, -0.05) is 5.16 Å². The van der Waals surface area contributed by atoms with Gasteiger partial charge in [0.25, 0.3) is 0 Å². The molecular weight excluding hydrogens is 385 g/mol. The molecule has 0 fully saturated rings. The number of unbranched alkanes of at least 4 members (excludes halogenated alkanes) is 1. The van der Waals surface area contributed by atoms with E-state index in [2.05, 4.69) is 20.4 Å². The second kappa shape index (κ2) is 8.76. The van der Waals surface area contributed by atoms with Crippen LogP contribution in [0.1, 0.15) is 29.8 Å². The number of hydrogen-bond acceptors (Lipinski definition) is 6. The number of halogens is 3. The zero-order chi connectivity index (χ0) is 20.9. The number of aromatic nitrogens is 2. The second-order valence-corrected chi connectivity index (χ2v) is 6.42. The molecule has 3 N–H and O–H groups in total. The molecule has 0 aliphatic carbocycles. The molecule has 0 saturated carbocycles. The number of alkyl halides is 3. The second-order valence-electron chi connectivity index (χ2n) is 6.42. The van der Waals surface area contributed by atoms with Crippen LogP contribution >= 0.6 is 0 Å². The average Bonchev–Trinajstić information content (AvgIpc) is 2.69. The molecule has 9 heteroatoms. The number of pyridine rings is 2. The van der Waals surface area contributed by atoms with Crippen molar-refractivity contribution in [2.24, 2.45) is 5.16 Å². The topological polar surface area (TPSA) is 90.6 Å². The molecule has 2 heterocycles. The highest BCUT2D eigenvalue weighted by atomic mass is 19.4. The van der Waals surface area contributed by atoms with Crippen LogP contribution in [0.2, 0.25) is 0 Å². The van der Waals surface area contributed by atoms with E-state index < -0.39 is 11.7 Å². The van der Waals surface area contributed by atoms with Gasteiger partial charge in [0.15, 0.2) is 0 Å². The number of anilines is 1. The predicted molar refractivity (Wildman–Crippen MR) is 103 cm³/mol. The minimum absolute atomic E-state index is 0.0731. The SMILES string of the molecule is O/N=C/c1nc(CCCCNc2ccnc3ccc(C(F)(F)F)cc23)ccc1O. The highest BCUT2D eigenvalue weighted by Crippen LogP contribution is 2.33. The van der Waals surface area contributed by atoms with Gasteiger partial charge < -0.3 is 15.6 Å². The predicted octanol–water partition coefficient (Wildman–Crippen LogP) is 4.60. The van der Waals surface area contributed by atoms with Gasteiger partial charge in [-0.15, -0.1) is 0 Å². The molecule has 0 aliphatic heterocycles. The van der Waals surface area contributed by atoms with E-state index in [0.29, 0.717) is 29.6 Å². The van der Waals surface area contributed by atoms with Crippen LogP contribution in [0.4, 0.5) is 18.9 Å². The number of aryl methyl sites for hydroxylation is 1. The van der Waals surface area contributed by atoms with Crippen LogP contribution in [0.15, 0.2) is 47.8 Å². The van der Waals surface area contributed by atoms with Gasteiger partial charge in [-0.25, -0.2) is 4.98 Å². The summed E-state index contributed by atoms with van der Waals surface area (Å²) in [6, 6.07) is 8.33. The lowest BCUT2D eigenvalue weighted by atomic mass is 10.1. The lowest BCUT2D eigenvalue weighted by Crippen LogP contribution is -2.06. The van der Waals surface area contributed by atoms with Crippen LogP contribution in [-0.2, 0) is 12.6 Å². The van der Waals surface area contributed by atoms with Gasteiger partial charge in [-0.2, -0.15) is 13.2 Å². The smallest absolute Gasteiger partial charge is 0.416 e. The minimum Gasteiger partial charge on any atom is -0.506 e. The lowest BCUT2D eigenvalue weighted by molar-refractivity contribution is -0.137. The first-order valence-electron chi connectivity index (χ1n) is 8.94. The maximum absolute atomic E-state index is 13.0. The van der Waals surface area contributed by atoms with Crippen molar-refractivity contribution in [2.45, 2.75) is 25.4 Å². The van der Waals surface area contributed by atoms with Gasteiger partial charge in [0, 0.05) is 29.5 Å². The zero-order valence-corrected chi connectivity index (χ0v) is 15.3. The van der Waals surface area contributed by atoms with Crippen LogP contribution in [0.3, 0.4) is 0 Å². The van der Waals surface area contributed by atoms with Gasteiger partial charge in [-0.05, 0) is 55.7 Å². The molecule has 1 aromatic carbocycles. The zero-order valence-electron chi connectivity index (χ0n) is 15.3. The summed E-state index contributed by atoms with van der Waals surface area (Å²) in [5.74, 6) is -0.0731. The number of aromatic hydroxyl groups is 1. The van der Waals surface area contributed by atoms with Gasteiger partial charge >= 0.3 is 6.18 Å². The van der Waals surface area contributed by atoms with E-state index in [0.717, 1.165) is 36.9 Å². The summed E-state index contributed by atoms with van der Waals surface area (Å²) in [5.41, 5.74) is 1.31. The normalized spacial score (nSPS) is 12.0. The van der Waals surface area contributed by atoms with Crippen LogP contribution in [0, 0.1) is 0 Å². The van der Waals surface area contributed by atoms with E-state index >= 15 is 0 Å². The third-order valence-electron chi connectivity index (χ3n) is 4.38. The van der Waals surface area contributed by atoms with Crippen LogP contribution in [-0.4, -0.2) is 33.0 Å².